The van der Waals surface area contributed by atoms with Crippen molar-refractivity contribution in [3.05, 3.63) is 60.4 Å². The molecule has 0 aliphatic heterocycles. The molecule has 0 saturated heterocycles. The summed E-state index contributed by atoms with van der Waals surface area (Å²) in [5.74, 6) is 1.59. The van der Waals surface area contributed by atoms with Gasteiger partial charge in [0.2, 0.25) is 0 Å². The van der Waals surface area contributed by atoms with Crippen molar-refractivity contribution in [2.24, 2.45) is 0 Å². The summed E-state index contributed by atoms with van der Waals surface area (Å²) in [6, 6.07) is 14.0. The molecule has 9 nitrogen and oxygen atoms in total. The van der Waals surface area contributed by atoms with Gasteiger partial charge in [-0.1, -0.05) is 12.1 Å². The monoisotopic (exact) mass is 380 g/mol. The van der Waals surface area contributed by atoms with Gasteiger partial charge < -0.3 is 20.5 Å². The first-order valence-corrected chi connectivity index (χ1v) is 8.33. The minimum atomic E-state index is -0.347. The first-order chi connectivity index (χ1) is 13.6. The fraction of sp³-hybridized carbons (Fsp3) is 0.105. The molecule has 0 fully saturated rings. The smallest absolute Gasteiger partial charge is 0.269 e. The number of carbonyl (C=O) groups is 1. The third-order valence-corrected chi connectivity index (χ3v) is 3.89. The number of nitrogen functional groups attached to an aromatic ring is 1. The van der Waals surface area contributed by atoms with E-state index in [1.807, 2.05) is 24.3 Å². The Morgan fingerprint density at radius 3 is 2.39 bits per heavy atom. The van der Waals surface area contributed by atoms with Gasteiger partial charge in [0.05, 0.1) is 19.9 Å². The Labute approximate surface area is 161 Å². The summed E-state index contributed by atoms with van der Waals surface area (Å²) in [5.41, 5.74) is 12.8. The Hall–Kier alpha value is -4.01. The minimum Gasteiger partial charge on any atom is -0.497 e. The highest BCUT2D eigenvalue weighted by molar-refractivity contribution is 5.95. The van der Waals surface area contributed by atoms with Crippen molar-refractivity contribution in [1.29, 1.82) is 0 Å². The first kappa shape index (κ1) is 18.8. The van der Waals surface area contributed by atoms with Crippen molar-refractivity contribution in [3.8, 4) is 11.5 Å². The molecule has 5 N–H and O–H groups in total. The number of nitrogens with two attached hydrogens (primary N) is 1. The van der Waals surface area contributed by atoms with E-state index in [0.717, 1.165) is 0 Å². The van der Waals surface area contributed by atoms with Gasteiger partial charge in [-0.2, -0.15) is 0 Å². The van der Waals surface area contributed by atoms with Crippen LogP contribution in [0.15, 0.2) is 54.9 Å². The molecular formula is C19H20N6O3. The van der Waals surface area contributed by atoms with E-state index < -0.39 is 0 Å². The molecule has 2 aromatic carbocycles. The Kier molecular flexibility index (Phi) is 5.75. The summed E-state index contributed by atoms with van der Waals surface area (Å²) in [7, 11) is 3.14. The van der Waals surface area contributed by atoms with Crippen LogP contribution in [0.5, 0.6) is 11.5 Å². The molecule has 0 radical (unpaired) electrons. The molecule has 1 heterocycles. The predicted octanol–water partition coefficient (Wildman–Crippen LogP) is 2.58. The molecule has 1 amide bonds. The van der Waals surface area contributed by atoms with E-state index in [9.17, 15) is 4.79 Å². The Morgan fingerprint density at radius 1 is 0.964 bits per heavy atom. The topological polar surface area (TPSA) is 123 Å². The van der Waals surface area contributed by atoms with Gasteiger partial charge in [-0.25, -0.2) is 9.97 Å². The van der Waals surface area contributed by atoms with E-state index in [1.54, 1.807) is 38.5 Å². The van der Waals surface area contributed by atoms with E-state index in [-0.39, 0.29) is 17.4 Å². The molecule has 0 saturated carbocycles. The number of carbonyl (C=O) groups excluding carboxylic acids is 1. The molecule has 0 unspecified atom stereocenters. The van der Waals surface area contributed by atoms with Crippen LogP contribution < -0.4 is 31.4 Å². The van der Waals surface area contributed by atoms with E-state index in [1.165, 1.54) is 6.33 Å². The minimum absolute atomic E-state index is 0.239. The number of nitrogens with one attached hydrogen (secondary N) is 3. The van der Waals surface area contributed by atoms with Gasteiger partial charge in [0.1, 0.15) is 23.5 Å². The number of hydrazine groups is 1. The zero-order valence-corrected chi connectivity index (χ0v) is 15.4. The number of benzene rings is 2. The number of amides is 1. The highest BCUT2D eigenvalue weighted by Crippen LogP contribution is 2.30. The number of hydrogen-bond acceptors (Lipinski definition) is 8. The molecule has 1 aromatic heterocycles. The van der Waals surface area contributed by atoms with Gasteiger partial charge in [0.25, 0.3) is 5.91 Å². The molecule has 28 heavy (non-hydrogen) atoms. The van der Waals surface area contributed by atoms with Crippen LogP contribution in [0, 0.1) is 0 Å². The maximum absolute atomic E-state index is 12.3. The normalized spacial score (nSPS) is 10.1. The molecule has 9 heteroatoms. The number of hydrogen-bond donors (Lipinski definition) is 4. The summed E-state index contributed by atoms with van der Waals surface area (Å²) >= 11 is 0. The van der Waals surface area contributed by atoms with Crippen molar-refractivity contribution < 1.29 is 14.3 Å². The van der Waals surface area contributed by atoms with Gasteiger partial charge in [-0.05, 0) is 36.4 Å². The lowest BCUT2D eigenvalue weighted by atomic mass is 10.2. The maximum Gasteiger partial charge on any atom is 0.269 e. The second-order valence-corrected chi connectivity index (χ2v) is 5.62. The lowest BCUT2D eigenvalue weighted by Gasteiger charge is -2.14. The van der Waals surface area contributed by atoms with Crippen molar-refractivity contribution >= 4 is 28.9 Å². The van der Waals surface area contributed by atoms with Crippen molar-refractivity contribution in [3.63, 3.8) is 0 Å². The Morgan fingerprint density at radius 2 is 1.68 bits per heavy atom. The molecule has 144 valence electrons. The lowest BCUT2D eigenvalue weighted by molar-refractivity contribution is 0.0962. The van der Waals surface area contributed by atoms with E-state index in [4.69, 9.17) is 15.2 Å². The maximum atomic E-state index is 12.3. The van der Waals surface area contributed by atoms with E-state index in [0.29, 0.717) is 28.6 Å². The second-order valence-electron chi connectivity index (χ2n) is 5.62. The zero-order chi connectivity index (χ0) is 19.9. The largest absolute Gasteiger partial charge is 0.497 e. The van der Waals surface area contributed by atoms with Gasteiger partial charge in [0, 0.05) is 5.56 Å². The third kappa shape index (κ3) is 4.21. The van der Waals surface area contributed by atoms with Gasteiger partial charge in [0.15, 0.2) is 11.6 Å². The molecule has 0 aliphatic carbocycles. The number of nitrogens with zero attached hydrogens (tertiary/aromatic N) is 2. The predicted molar refractivity (Wildman–Crippen MR) is 107 cm³/mol. The number of ether oxygens (including phenoxy) is 2. The Balaban J connectivity index is 1.71. The van der Waals surface area contributed by atoms with Gasteiger partial charge >= 0.3 is 0 Å². The average Bonchev–Trinajstić information content (AvgIpc) is 2.74. The molecule has 3 rings (SSSR count). The molecule has 0 bridgehead atoms. The molecule has 0 aliphatic rings. The summed E-state index contributed by atoms with van der Waals surface area (Å²) in [5, 5.41) is 3.10. The fourth-order valence-corrected chi connectivity index (χ4v) is 2.40. The zero-order valence-electron chi connectivity index (χ0n) is 15.4. The summed E-state index contributed by atoms with van der Waals surface area (Å²) in [4.78, 5) is 20.5. The SMILES string of the molecule is COc1ccc(C(=O)NNc2ncnc(Nc3ccccc3OC)c2N)cc1. The number of aromatic nitrogens is 2. The first-order valence-electron chi connectivity index (χ1n) is 8.33. The molecule has 3 aromatic rings. The quantitative estimate of drug-likeness (QED) is 0.461. The molecule has 0 spiro atoms. The highest BCUT2D eigenvalue weighted by atomic mass is 16.5. The number of para-hydroxylation sites is 2. The van der Waals surface area contributed by atoms with E-state index >= 15 is 0 Å². The fourth-order valence-electron chi connectivity index (χ4n) is 2.40. The second kappa shape index (κ2) is 8.58. The van der Waals surface area contributed by atoms with Crippen LogP contribution in [-0.4, -0.2) is 30.1 Å². The van der Waals surface area contributed by atoms with Crippen LogP contribution in [0.4, 0.5) is 23.0 Å². The van der Waals surface area contributed by atoms with Crippen LogP contribution >= 0.6 is 0 Å². The van der Waals surface area contributed by atoms with E-state index in [2.05, 4.69) is 26.1 Å². The van der Waals surface area contributed by atoms with Crippen LogP contribution in [0.1, 0.15) is 10.4 Å². The molecular weight excluding hydrogens is 360 g/mol. The lowest BCUT2D eigenvalue weighted by Crippen LogP contribution is -2.30. The van der Waals surface area contributed by atoms with Crippen molar-refractivity contribution in [1.82, 2.24) is 15.4 Å². The summed E-state index contributed by atoms with van der Waals surface area (Å²) in [6.45, 7) is 0. The third-order valence-electron chi connectivity index (χ3n) is 3.89. The van der Waals surface area contributed by atoms with Crippen molar-refractivity contribution in [2.45, 2.75) is 0 Å². The van der Waals surface area contributed by atoms with Gasteiger partial charge in [-0.3, -0.25) is 15.6 Å². The summed E-state index contributed by atoms with van der Waals surface area (Å²) in [6.07, 6.45) is 1.33. The number of methoxy groups -OCH3 is 2. The van der Waals surface area contributed by atoms with Crippen LogP contribution in [0.3, 0.4) is 0 Å². The highest BCUT2D eigenvalue weighted by Gasteiger charge is 2.12. The van der Waals surface area contributed by atoms with Crippen LogP contribution in [0.2, 0.25) is 0 Å². The van der Waals surface area contributed by atoms with Gasteiger partial charge in [-0.15, -0.1) is 0 Å². The van der Waals surface area contributed by atoms with Crippen molar-refractivity contribution in [2.75, 3.05) is 30.7 Å². The summed E-state index contributed by atoms with van der Waals surface area (Å²) < 4.78 is 10.4. The molecule has 0 atom stereocenters. The number of anilines is 4. The number of rotatable bonds is 7. The van der Waals surface area contributed by atoms with Crippen LogP contribution in [-0.2, 0) is 0 Å². The van der Waals surface area contributed by atoms with Crippen LogP contribution in [0.25, 0.3) is 0 Å². The average molecular weight is 380 g/mol. The standard InChI is InChI=1S/C19H20N6O3/c1-27-13-9-7-12(8-10-13)19(26)25-24-18-16(20)17(21-11-22-18)23-14-5-3-4-6-15(14)28-2/h3-11H,20H2,1-2H3,(H,25,26)(H2,21,22,23,24). The Bertz CT molecular complexity index is 962.